The molecule has 0 fully saturated rings. The lowest BCUT2D eigenvalue weighted by atomic mass is 10.0. The Kier molecular flexibility index (Phi) is 4.58. The van der Waals surface area contributed by atoms with Crippen LogP contribution in [0.15, 0.2) is 36.7 Å². The molecule has 1 unspecified atom stereocenters. The van der Waals surface area contributed by atoms with Crippen molar-refractivity contribution in [3.8, 4) is 11.5 Å². The fraction of sp³-hybridized carbons (Fsp3) is 0.400. The number of nitrogens with zero attached hydrogens (tertiary/aromatic N) is 2. The summed E-state index contributed by atoms with van der Waals surface area (Å²) in [5.41, 5.74) is 1.19. The van der Waals surface area contributed by atoms with Gasteiger partial charge in [0.2, 0.25) is 0 Å². The van der Waals surface area contributed by atoms with Crippen LogP contribution in [0.4, 0.5) is 0 Å². The molecule has 0 aliphatic carbocycles. The van der Waals surface area contributed by atoms with Crippen LogP contribution in [0.5, 0.6) is 11.5 Å². The number of aryl methyl sites for hydroxylation is 1. The van der Waals surface area contributed by atoms with E-state index in [1.165, 1.54) is 5.56 Å². The third-order valence-corrected chi connectivity index (χ3v) is 3.06. The standard InChI is InChI=1S/C15H21N3O/c1-4-14(16-5-2)13-8-6-7-9-15(13)19-12-10-17-18(3)11-12/h6-11,14,16H,4-5H2,1-3H3. The molecule has 0 saturated heterocycles. The monoisotopic (exact) mass is 259 g/mol. The number of hydrogen-bond donors (Lipinski definition) is 1. The van der Waals surface area contributed by atoms with Gasteiger partial charge in [-0.25, -0.2) is 0 Å². The van der Waals surface area contributed by atoms with E-state index < -0.39 is 0 Å². The van der Waals surface area contributed by atoms with Gasteiger partial charge in [-0.2, -0.15) is 5.10 Å². The van der Waals surface area contributed by atoms with Crippen molar-refractivity contribution in [2.24, 2.45) is 7.05 Å². The van der Waals surface area contributed by atoms with Gasteiger partial charge in [-0.3, -0.25) is 4.68 Å². The minimum absolute atomic E-state index is 0.317. The maximum atomic E-state index is 5.94. The first-order chi connectivity index (χ1) is 9.24. The number of aromatic nitrogens is 2. The molecule has 19 heavy (non-hydrogen) atoms. The normalized spacial score (nSPS) is 12.4. The molecule has 1 heterocycles. The van der Waals surface area contributed by atoms with E-state index in [0.717, 1.165) is 24.5 Å². The molecule has 4 nitrogen and oxygen atoms in total. The first-order valence-electron chi connectivity index (χ1n) is 6.73. The molecule has 1 atom stereocenters. The number of hydrogen-bond acceptors (Lipinski definition) is 3. The van der Waals surface area contributed by atoms with Crippen LogP contribution in [0, 0.1) is 0 Å². The first kappa shape index (κ1) is 13.6. The SMILES string of the molecule is CCNC(CC)c1ccccc1Oc1cnn(C)c1. The third kappa shape index (κ3) is 3.35. The Morgan fingerprint density at radius 3 is 2.74 bits per heavy atom. The minimum Gasteiger partial charge on any atom is -0.454 e. The Balaban J connectivity index is 2.24. The van der Waals surface area contributed by atoms with Crippen LogP contribution in [-0.2, 0) is 7.05 Å². The number of rotatable bonds is 6. The van der Waals surface area contributed by atoms with Crippen LogP contribution in [0.1, 0.15) is 31.9 Å². The van der Waals surface area contributed by atoms with Gasteiger partial charge in [0.25, 0.3) is 0 Å². The Labute approximate surface area is 114 Å². The van der Waals surface area contributed by atoms with Crippen LogP contribution in [0.25, 0.3) is 0 Å². The zero-order valence-corrected chi connectivity index (χ0v) is 11.8. The average Bonchev–Trinajstić information content (AvgIpc) is 2.82. The highest BCUT2D eigenvalue weighted by Gasteiger charge is 2.13. The molecule has 102 valence electrons. The molecule has 4 heteroatoms. The molecule has 1 N–H and O–H groups in total. The third-order valence-electron chi connectivity index (χ3n) is 3.06. The lowest BCUT2D eigenvalue weighted by Gasteiger charge is -2.19. The van der Waals surface area contributed by atoms with E-state index in [2.05, 4.69) is 30.3 Å². The van der Waals surface area contributed by atoms with Crippen molar-refractivity contribution in [2.75, 3.05) is 6.54 Å². The topological polar surface area (TPSA) is 39.1 Å². The lowest BCUT2D eigenvalue weighted by Crippen LogP contribution is -2.20. The predicted octanol–water partition coefficient (Wildman–Crippen LogP) is 3.27. The Bertz CT molecular complexity index is 522. The summed E-state index contributed by atoms with van der Waals surface area (Å²) in [6.07, 6.45) is 4.62. The van der Waals surface area contributed by atoms with Crippen molar-refractivity contribution in [3.63, 3.8) is 0 Å². The molecular weight excluding hydrogens is 238 g/mol. The predicted molar refractivity (Wildman–Crippen MR) is 76.4 cm³/mol. The van der Waals surface area contributed by atoms with Gasteiger partial charge in [0.05, 0.1) is 12.4 Å². The summed E-state index contributed by atoms with van der Waals surface area (Å²) in [4.78, 5) is 0. The van der Waals surface area contributed by atoms with E-state index in [4.69, 9.17) is 4.74 Å². The van der Waals surface area contributed by atoms with Gasteiger partial charge in [-0.15, -0.1) is 0 Å². The highest BCUT2D eigenvalue weighted by Crippen LogP contribution is 2.30. The molecule has 1 aromatic carbocycles. The molecule has 0 aliphatic rings. The smallest absolute Gasteiger partial charge is 0.165 e. The van der Waals surface area contributed by atoms with Gasteiger partial charge in [0.1, 0.15) is 5.75 Å². The highest BCUT2D eigenvalue weighted by molar-refractivity contribution is 5.38. The Morgan fingerprint density at radius 1 is 1.32 bits per heavy atom. The summed E-state index contributed by atoms with van der Waals surface area (Å²) in [6.45, 7) is 5.24. The van der Waals surface area contributed by atoms with Gasteiger partial charge < -0.3 is 10.1 Å². The molecule has 0 saturated carbocycles. The number of benzene rings is 1. The van der Waals surface area contributed by atoms with Crippen LogP contribution in [0.3, 0.4) is 0 Å². The molecule has 2 aromatic rings. The van der Waals surface area contributed by atoms with Gasteiger partial charge in [0, 0.05) is 18.7 Å². The van der Waals surface area contributed by atoms with E-state index in [-0.39, 0.29) is 0 Å². The fourth-order valence-electron chi connectivity index (χ4n) is 2.16. The van der Waals surface area contributed by atoms with Crippen molar-refractivity contribution in [1.82, 2.24) is 15.1 Å². The van der Waals surface area contributed by atoms with Crippen LogP contribution in [0.2, 0.25) is 0 Å². The molecule has 2 rings (SSSR count). The van der Waals surface area contributed by atoms with Gasteiger partial charge in [-0.05, 0) is 19.0 Å². The second-order valence-corrected chi connectivity index (χ2v) is 4.51. The van der Waals surface area contributed by atoms with E-state index in [1.807, 2.05) is 31.4 Å². The summed E-state index contributed by atoms with van der Waals surface area (Å²) in [6, 6.07) is 8.47. The van der Waals surface area contributed by atoms with E-state index in [1.54, 1.807) is 10.9 Å². The van der Waals surface area contributed by atoms with Gasteiger partial charge in [0.15, 0.2) is 5.75 Å². The largest absolute Gasteiger partial charge is 0.454 e. The second kappa shape index (κ2) is 6.38. The second-order valence-electron chi connectivity index (χ2n) is 4.51. The van der Waals surface area contributed by atoms with Crippen molar-refractivity contribution >= 4 is 0 Å². The zero-order valence-electron chi connectivity index (χ0n) is 11.8. The maximum absolute atomic E-state index is 5.94. The highest BCUT2D eigenvalue weighted by atomic mass is 16.5. The molecule has 0 spiro atoms. The summed E-state index contributed by atoms with van der Waals surface area (Å²) < 4.78 is 7.67. The Hall–Kier alpha value is -1.81. The molecule has 1 aromatic heterocycles. The zero-order chi connectivity index (χ0) is 13.7. The summed E-state index contributed by atoms with van der Waals surface area (Å²) in [5.74, 6) is 1.66. The van der Waals surface area contributed by atoms with E-state index >= 15 is 0 Å². The molecule has 0 amide bonds. The number of ether oxygens (including phenoxy) is 1. The van der Waals surface area contributed by atoms with E-state index in [9.17, 15) is 0 Å². The molecule has 0 bridgehead atoms. The van der Waals surface area contributed by atoms with Crippen LogP contribution >= 0.6 is 0 Å². The van der Waals surface area contributed by atoms with Crippen LogP contribution < -0.4 is 10.1 Å². The van der Waals surface area contributed by atoms with Gasteiger partial charge >= 0.3 is 0 Å². The molecule has 0 aliphatic heterocycles. The Morgan fingerprint density at radius 2 is 2.11 bits per heavy atom. The molecular formula is C15H21N3O. The summed E-state index contributed by atoms with van der Waals surface area (Å²) in [5, 5.41) is 7.60. The van der Waals surface area contributed by atoms with Crippen molar-refractivity contribution < 1.29 is 4.74 Å². The summed E-state index contributed by atoms with van der Waals surface area (Å²) in [7, 11) is 1.88. The summed E-state index contributed by atoms with van der Waals surface area (Å²) >= 11 is 0. The van der Waals surface area contributed by atoms with Crippen LogP contribution in [-0.4, -0.2) is 16.3 Å². The van der Waals surface area contributed by atoms with Crippen molar-refractivity contribution in [2.45, 2.75) is 26.3 Å². The molecule has 0 radical (unpaired) electrons. The number of para-hydroxylation sites is 1. The lowest BCUT2D eigenvalue weighted by molar-refractivity contribution is 0.452. The van der Waals surface area contributed by atoms with Crippen molar-refractivity contribution in [1.29, 1.82) is 0 Å². The quantitative estimate of drug-likeness (QED) is 0.865. The average molecular weight is 259 g/mol. The maximum Gasteiger partial charge on any atom is 0.165 e. The first-order valence-corrected chi connectivity index (χ1v) is 6.73. The van der Waals surface area contributed by atoms with Gasteiger partial charge in [-0.1, -0.05) is 32.0 Å². The minimum atomic E-state index is 0.317. The van der Waals surface area contributed by atoms with E-state index in [0.29, 0.717) is 6.04 Å². The number of nitrogens with one attached hydrogen (secondary N) is 1. The fourth-order valence-corrected chi connectivity index (χ4v) is 2.16. The van der Waals surface area contributed by atoms with Crippen molar-refractivity contribution in [3.05, 3.63) is 42.2 Å².